The van der Waals surface area contributed by atoms with Crippen molar-refractivity contribution in [2.45, 2.75) is 51.7 Å². The van der Waals surface area contributed by atoms with Crippen LogP contribution in [0.3, 0.4) is 0 Å². The molecule has 1 unspecified atom stereocenters. The van der Waals surface area contributed by atoms with Gasteiger partial charge >= 0.3 is 6.09 Å². The van der Waals surface area contributed by atoms with E-state index in [0.717, 1.165) is 41.9 Å². The summed E-state index contributed by atoms with van der Waals surface area (Å²) in [6.07, 6.45) is 1.21. The van der Waals surface area contributed by atoms with Gasteiger partial charge in [-0.05, 0) is 69.8 Å². The van der Waals surface area contributed by atoms with Crippen molar-refractivity contribution in [1.82, 2.24) is 4.90 Å². The molecular weight excluding hydrogens is 444 g/mol. The molecule has 3 rings (SSSR count). The lowest BCUT2D eigenvalue weighted by Crippen LogP contribution is -2.67. The van der Waals surface area contributed by atoms with E-state index in [1.54, 1.807) is 0 Å². The Balaban J connectivity index is 1.62. The van der Waals surface area contributed by atoms with Crippen LogP contribution in [0.2, 0.25) is 0 Å². The highest BCUT2D eigenvalue weighted by Gasteiger charge is 2.56. The van der Waals surface area contributed by atoms with Crippen LogP contribution in [0, 0.1) is 0 Å². The first-order valence-corrected chi connectivity index (χ1v) is 11.2. The number of hydrogen-bond donors (Lipinski definition) is 1. The fraction of sp³-hybridized carbons (Fsp3) is 0.458. The van der Waals surface area contributed by atoms with Gasteiger partial charge in [-0.1, -0.05) is 28.1 Å². The normalized spacial score (nSPS) is 21.7. The fourth-order valence-electron chi connectivity index (χ4n) is 4.67. The molecular formula is C24H32BrN2O3+. The molecule has 1 saturated heterocycles. The Kier molecular flexibility index (Phi) is 6.90. The minimum absolute atomic E-state index is 0.104. The number of halogens is 1. The summed E-state index contributed by atoms with van der Waals surface area (Å²) in [6.45, 7) is 8.38. The minimum Gasteiger partial charge on any atom is -0.457 e. The number of quaternary nitrogens is 1. The van der Waals surface area contributed by atoms with Gasteiger partial charge in [-0.15, -0.1) is 0 Å². The molecule has 1 heterocycles. The number of amides is 1. The summed E-state index contributed by atoms with van der Waals surface area (Å²) in [7, 11) is 2.07. The average molecular weight is 476 g/mol. The summed E-state index contributed by atoms with van der Waals surface area (Å²) in [4.78, 5) is 14.5. The summed E-state index contributed by atoms with van der Waals surface area (Å²) in [5, 5.41) is 10.1. The molecule has 0 spiro atoms. The zero-order chi connectivity index (χ0) is 21.9. The van der Waals surface area contributed by atoms with Crippen LogP contribution in [-0.4, -0.2) is 52.3 Å². The molecule has 1 aliphatic heterocycles. The van der Waals surface area contributed by atoms with Gasteiger partial charge in [0.15, 0.2) is 0 Å². The van der Waals surface area contributed by atoms with Gasteiger partial charge in [0.05, 0.1) is 13.1 Å². The largest absolute Gasteiger partial charge is 0.514 e. The maximum Gasteiger partial charge on any atom is 0.514 e. The van der Waals surface area contributed by atoms with Crippen LogP contribution in [0.5, 0.6) is 11.5 Å². The molecule has 0 saturated carbocycles. The second-order valence-corrected chi connectivity index (χ2v) is 10.2. The van der Waals surface area contributed by atoms with Crippen molar-refractivity contribution in [3.63, 3.8) is 0 Å². The maximum absolute atomic E-state index is 12.3. The van der Waals surface area contributed by atoms with E-state index >= 15 is 0 Å². The summed E-state index contributed by atoms with van der Waals surface area (Å²) in [5.74, 6) is 1.60. The Morgan fingerprint density at radius 2 is 1.70 bits per heavy atom. The number of likely N-dealkylation sites (tertiary alicyclic amines) is 1. The van der Waals surface area contributed by atoms with Gasteiger partial charge in [0, 0.05) is 23.9 Å². The molecule has 1 aliphatic rings. The highest BCUT2D eigenvalue weighted by atomic mass is 79.9. The van der Waals surface area contributed by atoms with Gasteiger partial charge in [0.25, 0.3) is 0 Å². The highest BCUT2D eigenvalue weighted by Crippen LogP contribution is 2.37. The topological polar surface area (TPSA) is 49.8 Å². The molecule has 2 aromatic rings. The Morgan fingerprint density at radius 3 is 2.23 bits per heavy atom. The second kappa shape index (κ2) is 9.08. The van der Waals surface area contributed by atoms with Crippen molar-refractivity contribution in [1.29, 1.82) is 0 Å². The van der Waals surface area contributed by atoms with E-state index < -0.39 is 6.09 Å². The number of ether oxygens (including phenoxy) is 1. The lowest BCUT2D eigenvalue weighted by atomic mass is 9.99. The van der Waals surface area contributed by atoms with Gasteiger partial charge in [0.2, 0.25) is 0 Å². The number of carbonyl (C=O) groups is 1. The number of nitrogens with zero attached hydrogens (tertiary/aromatic N) is 2. The minimum atomic E-state index is -0.701. The van der Waals surface area contributed by atoms with Crippen LogP contribution < -0.4 is 4.74 Å². The Labute approximate surface area is 188 Å². The Bertz CT molecular complexity index is 862. The Hall–Kier alpha value is -1.89. The van der Waals surface area contributed by atoms with Gasteiger partial charge in [-0.3, -0.25) is 4.90 Å². The molecule has 30 heavy (non-hydrogen) atoms. The van der Waals surface area contributed by atoms with Gasteiger partial charge in [-0.25, -0.2) is 4.48 Å². The summed E-state index contributed by atoms with van der Waals surface area (Å²) in [5.41, 5.74) is 0.864. The zero-order valence-corrected chi connectivity index (χ0v) is 19.9. The second-order valence-electron chi connectivity index (χ2n) is 9.24. The molecule has 0 bridgehead atoms. The predicted octanol–water partition coefficient (Wildman–Crippen LogP) is 6.13. The molecule has 162 valence electrons. The smallest absolute Gasteiger partial charge is 0.457 e. The highest BCUT2D eigenvalue weighted by molar-refractivity contribution is 9.10. The molecule has 0 radical (unpaired) electrons. The quantitative estimate of drug-likeness (QED) is 0.510. The summed E-state index contributed by atoms with van der Waals surface area (Å²) < 4.78 is 7.06. The van der Waals surface area contributed by atoms with Crippen LogP contribution in [0.1, 0.15) is 39.2 Å². The van der Waals surface area contributed by atoms with Crippen molar-refractivity contribution in [2.24, 2.45) is 0 Å². The standard InChI is InChI=1S/C24H31BrN2O3/c1-24(2,3)27(23(28)29)15-5-6-20(27)17-26(4)16-18-7-11-21(12-8-18)30-22-13-9-19(25)10-14-22/h7-14,20H,5-6,15-17H2,1-4H3/p+1/t20?,27-/m0/s1. The van der Waals surface area contributed by atoms with Crippen molar-refractivity contribution >= 4 is 22.0 Å². The molecule has 2 aromatic carbocycles. The third-order valence-corrected chi connectivity index (χ3v) is 6.69. The van der Waals surface area contributed by atoms with Gasteiger partial charge < -0.3 is 9.84 Å². The monoisotopic (exact) mass is 475 g/mol. The number of hydrogen-bond acceptors (Lipinski definition) is 3. The van der Waals surface area contributed by atoms with Crippen molar-refractivity contribution in [3.05, 3.63) is 58.6 Å². The average Bonchev–Trinajstić information content (AvgIpc) is 3.10. The molecule has 2 atom stereocenters. The lowest BCUT2D eigenvalue weighted by Gasteiger charge is -2.45. The van der Waals surface area contributed by atoms with Crippen LogP contribution in [0.15, 0.2) is 53.0 Å². The van der Waals surface area contributed by atoms with E-state index in [2.05, 4.69) is 40.0 Å². The molecule has 1 N–H and O–H groups in total. The SMILES string of the molecule is CN(Cc1ccc(Oc2ccc(Br)cc2)cc1)CC1CCC[N@+]1(C(=O)O)C(C)(C)C. The zero-order valence-electron chi connectivity index (χ0n) is 18.3. The summed E-state index contributed by atoms with van der Waals surface area (Å²) >= 11 is 3.43. The molecule has 1 fully saturated rings. The molecule has 0 aromatic heterocycles. The third-order valence-electron chi connectivity index (χ3n) is 6.16. The molecule has 5 nitrogen and oxygen atoms in total. The van der Waals surface area contributed by atoms with Crippen molar-refractivity contribution in [2.75, 3.05) is 20.1 Å². The van der Waals surface area contributed by atoms with E-state index in [9.17, 15) is 9.90 Å². The van der Waals surface area contributed by atoms with E-state index in [4.69, 9.17) is 4.74 Å². The predicted molar refractivity (Wildman–Crippen MR) is 123 cm³/mol. The Morgan fingerprint density at radius 1 is 1.13 bits per heavy atom. The van der Waals surface area contributed by atoms with Gasteiger partial charge in [-0.2, -0.15) is 4.79 Å². The number of carboxylic acid groups (broad SMARTS) is 1. The number of likely N-dealkylation sites (N-methyl/N-ethyl adjacent to an activating group) is 1. The van der Waals surface area contributed by atoms with Crippen molar-refractivity contribution < 1.29 is 19.1 Å². The lowest BCUT2D eigenvalue weighted by molar-refractivity contribution is -0.914. The number of rotatable bonds is 6. The van der Waals surface area contributed by atoms with Crippen LogP contribution in [0.4, 0.5) is 4.79 Å². The first-order valence-electron chi connectivity index (χ1n) is 10.4. The van der Waals surface area contributed by atoms with E-state index in [0.29, 0.717) is 6.54 Å². The van der Waals surface area contributed by atoms with Crippen LogP contribution >= 0.6 is 15.9 Å². The van der Waals surface area contributed by atoms with E-state index in [-0.39, 0.29) is 16.1 Å². The maximum atomic E-state index is 12.3. The van der Waals surface area contributed by atoms with Crippen molar-refractivity contribution in [3.8, 4) is 11.5 Å². The molecule has 0 aliphatic carbocycles. The van der Waals surface area contributed by atoms with E-state index in [1.807, 2.05) is 57.2 Å². The van der Waals surface area contributed by atoms with Crippen LogP contribution in [0.25, 0.3) is 0 Å². The molecule has 1 amide bonds. The fourth-order valence-corrected chi connectivity index (χ4v) is 4.93. The number of benzene rings is 2. The van der Waals surface area contributed by atoms with E-state index in [1.165, 1.54) is 5.56 Å². The summed E-state index contributed by atoms with van der Waals surface area (Å²) in [6, 6.07) is 16.0. The molecule has 6 heteroatoms. The van der Waals surface area contributed by atoms with Gasteiger partial charge in [0.1, 0.15) is 23.1 Å². The van der Waals surface area contributed by atoms with Crippen LogP contribution in [-0.2, 0) is 6.54 Å². The third kappa shape index (κ3) is 4.88. The first-order chi connectivity index (χ1) is 14.1. The first kappa shape index (κ1) is 22.8.